The van der Waals surface area contributed by atoms with Gasteiger partial charge >= 0.3 is 6.18 Å². The highest BCUT2D eigenvalue weighted by atomic mass is 79.9. The molecule has 2 rings (SSSR count). The van der Waals surface area contributed by atoms with Crippen molar-refractivity contribution in [1.82, 2.24) is 0 Å². The Kier molecular flexibility index (Phi) is 4.93. The van der Waals surface area contributed by atoms with Crippen molar-refractivity contribution in [2.24, 2.45) is 0 Å². The van der Waals surface area contributed by atoms with Crippen molar-refractivity contribution < 1.29 is 17.9 Å². The highest BCUT2D eigenvalue weighted by molar-refractivity contribution is 9.09. The molecule has 0 spiro atoms. The van der Waals surface area contributed by atoms with Gasteiger partial charge in [-0.1, -0.05) is 46.3 Å². The molecule has 112 valence electrons. The average Bonchev–Trinajstić information content (AvgIpc) is 2.45. The summed E-state index contributed by atoms with van der Waals surface area (Å²) in [7, 11) is 0. The fraction of sp³-hybridized carbons (Fsp3) is 0.250. The normalized spacial score (nSPS) is 11.5. The smallest absolute Gasteiger partial charge is 0.416 e. The maximum atomic E-state index is 12.8. The zero-order chi connectivity index (χ0) is 15.5. The highest BCUT2D eigenvalue weighted by Gasteiger charge is 2.30. The summed E-state index contributed by atoms with van der Waals surface area (Å²) in [6.07, 6.45) is -4.35. The number of rotatable bonds is 4. The van der Waals surface area contributed by atoms with Crippen molar-refractivity contribution in [3.05, 3.63) is 53.6 Å². The van der Waals surface area contributed by atoms with E-state index >= 15 is 0 Å². The Hall–Kier alpha value is -1.49. The molecular weight excluding hydrogens is 345 g/mol. The van der Waals surface area contributed by atoms with Crippen LogP contribution in [-0.2, 0) is 6.18 Å². The molecule has 2 aromatic rings. The van der Waals surface area contributed by atoms with Gasteiger partial charge in [0.05, 0.1) is 12.2 Å². The molecule has 0 radical (unpaired) electrons. The second kappa shape index (κ2) is 6.52. The van der Waals surface area contributed by atoms with E-state index in [-0.39, 0.29) is 0 Å². The van der Waals surface area contributed by atoms with Gasteiger partial charge in [0, 0.05) is 10.9 Å². The van der Waals surface area contributed by atoms with Gasteiger partial charge in [0.1, 0.15) is 5.75 Å². The third kappa shape index (κ3) is 3.79. The lowest BCUT2D eigenvalue weighted by atomic mass is 10.00. The molecule has 0 aliphatic carbocycles. The third-order valence-corrected chi connectivity index (χ3v) is 3.36. The van der Waals surface area contributed by atoms with Gasteiger partial charge in [-0.15, -0.1) is 0 Å². The van der Waals surface area contributed by atoms with Gasteiger partial charge in [-0.2, -0.15) is 13.2 Å². The molecule has 0 amide bonds. The van der Waals surface area contributed by atoms with Gasteiger partial charge in [0.2, 0.25) is 0 Å². The van der Waals surface area contributed by atoms with E-state index in [1.165, 1.54) is 6.07 Å². The standard InChI is InChI=1S/C16H14BrF3O/c1-11-4-2-7-14(15(11)21-9-8-17)12-5-3-6-13(10-12)16(18,19)20/h2-7,10H,8-9H2,1H3. The molecule has 0 N–H and O–H groups in total. The van der Waals surface area contributed by atoms with Crippen LogP contribution in [0.15, 0.2) is 42.5 Å². The van der Waals surface area contributed by atoms with E-state index < -0.39 is 11.7 Å². The maximum absolute atomic E-state index is 12.8. The number of benzene rings is 2. The number of ether oxygens (including phenoxy) is 1. The lowest BCUT2D eigenvalue weighted by molar-refractivity contribution is -0.137. The third-order valence-electron chi connectivity index (χ3n) is 3.04. The molecule has 0 aliphatic rings. The predicted molar refractivity (Wildman–Crippen MR) is 80.9 cm³/mol. The molecule has 0 aliphatic heterocycles. The number of para-hydroxylation sites is 1. The summed E-state index contributed by atoms with van der Waals surface area (Å²) >= 11 is 3.28. The van der Waals surface area contributed by atoms with E-state index in [4.69, 9.17) is 4.74 Å². The molecule has 5 heteroatoms. The second-order valence-electron chi connectivity index (χ2n) is 4.57. The Labute approximate surface area is 129 Å². The minimum atomic E-state index is -4.35. The summed E-state index contributed by atoms with van der Waals surface area (Å²) in [6, 6.07) is 10.7. The summed E-state index contributed by atoms with van der Waals surface area (Å²) in [5.41, 5.74) is 1.40. The Morgan fingerprint density at radius 3 is 2.48 bits per heavy atom. The van der Waals surface area contributed by atoms with E-state index in [1.807, 2.05) is 19.1 Å². The topological polar surface area (TPSA) is 9.23 Å². The number of aryl methyl sites for hydroxylation is 1. The number of hydrogen-bond acceptors (Lipinski definition) is 1. The van der Waals surface area contributed by atoms with Crippen LogP contribution in [0.5, 0.6) is 5.75 Å². The Morgan fingerprint density at radius 2 is 1.81 bits per heavy atom. The lowest BCUT2D eigenvalue weighted by Gasteiger charge is -2.15. The van der Waals surface area contributed by atoms with Crippen LogP contribution in [0.3, 0.4) is 0 Å². The molecule has 0 fully saturated rings. The number of hydrogen-bond donors (Lipinski definition) is 0. The summed E-state index contributed by atoms with van der Waals surface area (Å²) < 4.78 is 44.2. The zero-order valence-corrected chi connectivity index (χ0v) is 13.0. The van der Waals surface area contributed by atoms with Gasteiger partial charge in [0.25, 0.3) is 0 Å². The first-order valence-electron chi connectivity index (χ1n) is 6.39. The molecule has 21 heavy (non-hydrogen) atoms. The summed E-state index contributed by atoms with van der Waals surface area (Å²) in [4.78, 5) is 0. The average molecular weight is 359 g/mol. The molecule has 0 saturated heterocycles. The number of alkyl halides is 4. The van der Waals surface area contributed by atoms with Crippen LogP contribution in [0.2, 0.25) is 0 Å². The van der Waals surface area contributed by atoms with Crippen molar-refractivity contribution in [3.8, 4) is 16.9 Å². The van der Waals surface area contributed by atoms with Crippen molar-refractivity contribution in [3.63, 3.8) is 0 Å². The van der Waals surface area contributed by atoms with E-state index in [0.29, 0.717) is 28.8 Å². The second-order valence-corrected chi connectivity index (χ2v) is 5.36. The van der Waals surface area contributed by atoms with Crippen molar-refractivity contribution in [2.75, 3.05) is 11.9 Å². The molecule has 0 bridgehead atoms. The molecule has 0 heterocycles. The zero-order valence-electron chi connectivity index (χ0n) is 11.4. The van der Waals surface area contributed by atoms with Crippen LogP contribution in [0.4, 0.5) is 13.2 Å². The summed E-state index contributed by atoms with van der Waals surface area (Å²) in [5.74, 6) is 0.622. The predicted octanol–water partition coefficient (Wildman–Crippen LogP) is 5.45. The van der Waals surface area contributed by atoms with Gasteiger partial charge in [-0.3, -0.25) is 0 Å². The highest BCUT2D eigenvalue weighted by Crippen LogP contribution is 2.36. The number of halogens is 4. The Bertz CT molecular complexity index is 623. The Morgan fingerprint density at radius 1 is 1.10 bits per heavy atom. The van der Waals surface area contributed by atoms with E-state index in [2.05, 4.69) is 15.9 Å². The van der Waals surface area contributed by atoms with Crippen LogP contribution in [0.25, 0.3) is 11.1 Å². The minimum absolute atomic E-state index is 0.455. The largest absolute Gasteiger partial charge is 0.492 e. The molecule has 0 atom stereocenters. The van der Waals surface area contributed by atoms with E-state index in [0.717, 1.165) is 17.7 Å². The first-order chi connectivity index (χ1) is 9.93. The van der Waals surface area contributed by atoms with Gasteiger partial charge in [-0.25, -0.2) is 0 Å². The summed E-state index contributed by atoms with van der Waals surface area (Å²) in [6.45, 7) is 2.33. The van der Waals surface area contributed by atoms with Crippen molar-refractivity contribution in [2.45, 2.75) is 13.1 Å². The van der Waals surface area contributed by atoms with Crippen LogP contribution < -0.4 is 4.74 Å². The quantitative estimate of drug-likeness (QED) is 0.660. The van der Waals surface area contributed by atoms with Crippen LogP contribution in [0.1, 0.15) is 11.1 Å². The molecule has 1 nitrogen and oxygen atoms in total. The molecular formula is C16H14BrF3O. The first-order valence-corrected chi connectivity index (χ1v) is 7.51. The fourth-order valence-electron chi connectivity index (χ4n) is 2.08. The molecule has 0 saturated carbocycles. The maximum Gasteiger partial charge on any atom is 0.416 e. The van der Waals surface area contributed by atoms with Crippen molar-refractivity contribution >= 4 is 15.9 Å². The van der Waals surface area contributed by atoms with E-state index in [9.17, 15) is 13.2 Å². The van der Waals surface area contributed by atoms with Crippen LogP contribution in [-0.4, -0.2) is 11.9 Å². The minimum Gasteiger partial charge on any atom is -0.492 e. The Balaban J connectivity index is 2.49. The fourth-order valence-corrected chi connectivity index (χ4v) is 2.24. The van der Waals surface area contributed by atoms with Gasteiger partial charge < -0.3 is 4.74 Å². The first kappa shape index (κ1) is 15.9. The summed E-state index contributed by atoms with van der Waals surface area (Å²) in [5, 5.41) is 0.656. The van der Waals surface area contributed by atoms with Crippen LogP contribution in [0, 0.1) is 6.92 Å². The molecule has 0 unspecified atom stereocenters. The van der Waals surface area contributed by atoms with E-state index in [1.54, 1.807) is 12.1 Å². The lowest BCUT2D eigenvalue weighted by Crippen LogP contribution is -2.05. The van der Waals surface area contributed by atoms with Crippen molar-refractivity contribution in [1.29, 1.82) is 0 Å². The SMILES string of the molecule is Cc1cccc(-c2cccc(C(F)(F)F)c2)c1OCCBr. The molecule has 0 aromatic heterocycles. The van der Waals surface area contributed by atoms with Gasteiger partial charge in [0.15, 0.2) is 0 Å². The monoisotopic (exact) mass is 358 g/mol. The molecule has 2 aromatic carbocycles. The van der Waals surface area contributed by atoms with Crippen LogP contribution >= 0.6 is 15.9 Å². The van der Waals surface area contributed by atoms with Gasteiger partial charge in [-0.05, 0) is 30.2 Å².